The number of hydrogen-bond donors (Lipinski definition) is 4. The number of para-hydroxylation sites is 2. The van der Waals surface area contributed by atoms with Crippen molar-refractivity contribution in [1.82, 2.24) is 15.3 Å². The fraction of sp³-hybridized carbons (Fsp3) is 0.324. The summed E-state index contributed by atoms with van der Waals surface area (Å²) in [5.74, 6) is -3.13. The second kappa shape index (κ2) is 18.2. The zero-order valence-corrected chi connectivity index (χ0v) is 29.4. The normalized spacial score (nSPS) is 14.8. The number of nitrogens with zero attached hydrogens (tertiary/aromatic N) is 3. The molecular formula is C34H33F6N5O6S2. The number of aryl methyl sites for hydroxylation is 1. The molecule has 0 radical (unpaired) electrons. The quantitative estimate of drug-likeness (QED) is 0.103. The van der Waals surface area contributed by atoms with Crippen LogP contribution in [0.4, 0.5) is 43.0 Å². The standard InChI is InChI=1S/C30H31N5O2S2.2C2HF3O2/c1-20-19-38-30(33-20)34-28-26(37-23-8-3-2-4-9-23)17-24(18-32-28)39-27(22-11-14-31-15-12-22)29(36)35-16-13-21-7-5-6-10-25(21)35;2*3-2(4,5)1(6)7/h2-10,17-19,22,27,31H,11-16H2,1H3,(H,32,33,34);2*(H,6,7). The molecule has 4 N–H and O–H groups in total. The Morgan fingerprint density at radius 2 is 1.58 bits per heavy atom. The van der Waals surface area contributed by atoms with E-state index < -0.39 is 24.3 Å². The molecule has 1 atom stereocenters. The van der Waals surface area contributed by atoms with Crippen LogP contribution >= 0.6 is 23.1 Å². The lowest BCUT2D eigenvalue weighted by Gasteiger charge is -2.32. The fourth-order valence-electron chi connectivity index (χ4n) is 5.15. The lowest BCUT2D eigenvalue weighted by molar-refractivity contribution is -0.193. The van der Waals surface area contributed by atoms with E-state index in [-0.39, 0.29) is 17.1 Å². The molecule has 2 aliphatic rings. The number of carboxylic acid groups (broad SMARTS) is 2. The highest BCUT2D eigenvalue weighted by atomic mass is 32.2. The number of thioether (sulfide) groups is 1. The Hall–Kier alpha value is -4.88. The van der Waals surface area contributed by atoms with Crippen molar-refractivity contribution in [1.29, 1.82) is 0 Å². The Morgan fingerprint density at radius 3 is 2.17 bits per heavy atom. The first-order chi connectivity index (χ1) is 25.0. The molecule has 1 amide bonds. The molecular weight excluding hydrogens is 753 g/mol. The van der Waals surface area contributed by atoms with Crippen LogP contribution < -0.4 is 20.3 Å². The first-order valence-corrected chi connectivity index (χ1v) is 17.6. The van der Waals surface area contributed by atoms with Gasteiger partial charge in [-0.3, -0.25) is 4.79 Å². The number of nitrogens with one attached hydrogen (secondary N) is 2. The van der Waals surface area contributed by atoms with Crippen molar-refractivity contribution in [3.8, 4) is 11.5 Å². The van der Waals surface area contributed by atoms with E-state index in [4.69, 9.17) is 29.5 Å². The summed E-state index contributed by atoms with van der Waals surface area (Å²) in [6.45, 7) is 4.56. The molecule has 4 heterocycles. The van der Waals surface area contributed by atoms with Gasteiger partial charge in [0.1, 0.15) is 5.75 Å². The number of pyridine rings is 1. The number of fused-ring (bicyclic) bond motifs is 1. The van der Waals surface area contributed by atoms with E-state index in [1.165, 1.54) is 16.9 Å². The Balaban J connectivity index is 0.000000381. The maximum Gasteiger partial charge on any atom is 0.490 e. The van der Waals surface area contributed by atoms with Gasteiger partial charge in [-0.25, -0.2) is 19.6 Å². The number of aromatic nitrogens is 2. The van der Waals surface area contributed by atoms with Crippen LogP contribution in [0.1, 0.15) is 24.1 Å². The van der Waals surface area contributed by atoms with E-state index >= 15 is 0 Å². The summed E-state index contributed by atoms with van der Waals surface area (Å²) >= 11 is 3.13. The molecule has 1 saturated heterocycles. The number of carbonyl (C=O) groups is 3. The largest absolute Gasteiger partial charge is 0.490 e. The van der Waals surface area contributed by atoms with Crippen molar-refractivity contribution >= 4 is 57.6 Å². The molecule has 1 fully saturated rings. The molecule has 6 rings (SSSR count). The predicted molar refractivity (Wildman–Crippen MR) is 186 cm³/mol. The van der Waals surface area contributed by atoms with Crippen LogP contribution in [0.3, 0.4) is 0 Å². The number of carboxylic acids is 2. The SMILES string of the molecule is Cc1csc(Nc2ncc(SC(C(=O)N3CCc4ccccc43)C3CCNCC3)cc2Oc2ccccc2)n1.O=C(O)C(F)(F)F.O=C(O)C(F)(F)F. The summed E-state index contributed by atoms with van der Waals surface area (Å²) in [6, 6.07) is 19.9. The average molecular weight is 786 g/mol. The van der Waals surface area contributed by atoms with Crippen molar-refractivity contribution < 1.29 is 55.7 Å². The molecule has 53 heavy (non-hydrogen) atoms. The molecule has 2 aromatic heterocycles. The summed E-state index contributed by atoms with van der Waals surface area (Å²) in [6.07, 6.45) is -5.48. The molecule has 0 bridgehead atoms. The smallest absolute Gasteiger partial charge is 0.475 e. The number of alkyl halides is 6. The Labute approximate surface area is 307 Å². The Kier molecular flexibility index (Phi) is 14.1. The summed E-state index contributed by atoms with van der Waals surface area (Å²) in [4.78, 5) is 44.1. The van der Waals surface area contributed by atoms with Crippen molar-refractivity contribution in [3.63, 3.8) is 0 Å². The molecule has 4 aromatic rings. The van der Waals surface area contributed by atoms with E-state index in [2.05, 4.69) is 27.8 Å². The number of carbonyl (C=O) groups excluding carboxylic acids is 1. The number of hydrogen-bond acceptors (Lipinski definition) is 10. The lowest BCUT2D eigenvalue weighted by atomic mass is 9.93. The van der Waals surface area contributed by atoms with E-state index in [1.807, 2.05) is 71.9 Å². The van der Waals surface area contributed by atoms with Gasteiger partial charge in [-0.15, -0.1) is 23.1 Å². The Morgan fingerprint density at radius 1 is 0.981 bits per heavy atom. The molecule has 11 nitrogen and oxygen atoms in total. The highest BCUT2D eigenvalue weighted by molar-refractivity contribution is 8.00. The van der Waals surface area contributed by atoms with E-state index in [1.54, 1.807) is 11.8 Å². The van der Waals surface area contributed by atoms with Crippen molar-refractivity contribution in [2.75, 3.05) is 29.9 Å². The summed E-state index contributed by atoms with van der Waals surface area (Å²) in [5, 5.41) is 23.6. The van der Waals surface area contributed by atoms with Gasteiger partial charge in [-0.1, -0.05) is 36.4 Å². The van der Waals surface area contributed by atoms with Crippen LogP contribution in [-0.4, -0.2) is 75.3 Å². The van der Waals surface area contributed by atoms with Gasteiger partial charge in [0.15, 0.2) is 16.7 Å². The molecule has 284 valence electrons. The molecule has 1 unspecified atom stereocenters. The van der Waals surface area contributed by atoms with Gasteiger partial charge in [0, 0.05) is 28.7 Å². The lowest BCUT2D eigenvalue weighted by Crippen LogP contribution is -2.43. The second-order valence-electron chi connectivity index (χ2n) is 11.5. The minimum atomic E-state index is -5.08. The van der Waals surface area contributed by atoms with Gasteiger partial charge in [0.05, 0.1) is 10.9 Å². The van der Waals surface area contributed by atoms with Crippen LogP contribution in [0.25, 0.3) is 0 Å². The topological polar surface area (TPSA) is 154 Å². The van der Waals surface area contributed by atoms with Gasteiger partial charge in [-0.2, -0.15) is 26.3 Å². The van der Waals surface area contributed by atoms with Crippen LogP contribution in [0, 0.1) is 12.8 Å². The van der Waals surface area contributed by atoms with Crippen molar-refractivity contribution in [2.45, 2.75) is 48.7 Å². The third kappa shape index (κ3) is 12.1. The first kappa shape index (κ1) is 40.9. The molecule has 0 spiro atoms. The molecule has 2 aromatic carbocycles. The molecule has 0 aliphatic carbocycles. The second-order valence-corrected chi connectivity index (χ2v) is 13.5. The summed E-state index contributed by atoms with van der Waals surface area (Å²) in [5.41, 5.74) is 3.24. The number of aliphatic carboxylic acids is 2. The number of piperidine rings is 1. The molecule has 19 heteroatoms. The zero-order valence-electron chi connectivity index (χ0n) is 27.8. The van der Waals surface area contributed by atoms with Crippen LogP contribution in [0.2, 0.25) is 0 Å². The van der Waals surface area contributed by atoms with Crippen molar-refractivity contribution in [3.05, 3.63) is 83.5 Å². The summed E-state index contributed by atoms with van der Waals surface area (Å²) in [7, 11) is 0. The molecule has 2 aliphatic heterocycles. The van der Waals surface area contributed by atoms with Crippen LogP contribution in [0.5, 0.6) is 11.5 Å². The zero-order chi connectivity index (χ0) is 38.8. The predicted octanol–water partition coefficient (Wildman–Crippen LogP) is 7.70. The molecule has 0 saturated carbocycles. The third-order valence-corrected chi connectivity index (χ3v) is 9.81. The number of amides is 1. The minimum absolute atomic E-state index is 0.183. The number of thiazole rings is 1. The third-order valence-electron chi connectivity index (χ3n) is 7.60. The van der Waals surface area contributed by atoms with E-state index in [9.17, 15) is 31.1 Å². The summed E-state index contributed by atoms with van der Waals surface area (Å²) < 4.78 is 69.8. The average Bonchev–Trinajstić information content (AvgIpc) is 3.74. The number of anilines is 3. The maximum absolute atomic E-state index is 14.1. The van der Waals surface area contributed by atoms with Crippen LogP contribution in [-0.2, 0) is 20.8 Å². The number of rotatable bonds is 8. The monoisotopic (exact) mass is 785 g/mol. The van der Waals surface area contributed by atoms with Gasteiger partial charge in [-0.05, 0) is 75.0 Å². The van der Waals surface area contributed by atoms with Gasteiger partial charge >= 0.3 is 24.3 Å². The van der Waals surface area contributed by atoms with Gasteiger partial charge in [0.2, 0.25) is 5.91 Å². The van der Waals surface area contributed by atoms with Gasteiger partial charge in [0.25, 0.3) is 0 Å². The van der Waals surface area contributed by atoms with Crippen molar-refractivity contribution in [2.24, 2.45) is 5.92 Å². The van der Waals surface area contributed by atoms with E-state index in [0.717, 1.165) is 66.1 Å². The number of benzene rings is 2. The highest BCUT2D eigenvalue weighted by Gasteiger charge is 2.39. The highest BCUT2D eigenvalue weighted by Crippen LogP contribution is 2.40. The van der Waals surface area contributed by atoms with Crippen LogP contribution in [0.15, 0.2) is 77.1 Å². The number of halogens is 6. The maximum atomic E-state index is 14.1. The van der Waals surface area contributed by atoms with E-state index in [0.29, 0.717) is 11.6 Å². The van der Waals surface area contributed by atoms with Gasteiger partial charge < -0.3 is 30.5 Å². The first-order valence-electron chi connectivity index (χ1n) is 15.8. The fourth-order valence-corrected chi connectivity index (χ4v) is 7.12. The Bertz CT molecular complexity index is 1830. The number of ether oxygens (including phenoxy) is 1. The minimum Gasteiger partial charge on any atom is -0.475 e.